The van der Waals surface area contributed by atoms with Gasteiger partial charge in [-0.1, -0.05) is 62.2 Å². The van der Waals surface area contributed by atoms with E-state index in [9.17, 15) is 9.59 Å². The van der Waals surface area contributed by atoms with Crippen molar-refractivity contribution in [2.75, 3.05) is 0 Å². The molecule has 0 atom stereocenters. The minimum Gasteiger partial charge on any atom is -0.313 e. The standard InChI is InChI=1S/C22H24ClN3O2S/c1-13-6-8-15(9-7-13)12-26-20(23)16(14(2)25-26)10-17-21(28)24-19(29-17)11-18(27)22(3,4)5/h6-11H,12H2,1-5H3,(H,24,28). The SMILES string of the molecule is Cc1ccc(Cn2nc(C)c(C=c3sc(=CC(=O)C(C)(C)C)[nH]c3=O)c2Cl)cc1. The number of nitrogens with one attached hydrogen (secondary N) is 1. The summed E-state index contributed by atoms with van der Waals surface area (Å²) in [4.78, 5) is 27.3. The van der Waals surface area contributed by atoms with Gasteiger partial charge in [-0.25, -0.2) is 4.68 Å². The molecule has 0 unspecified atom stereocenters. The minimum absolute atomic E-state index is 0.0401. The zero-order valence-electron chi connectivity index (χ0n) is 17.2. The molecule has 0 saturated heterocycles. The Morgan fingerprint density at radius 3 is 2.52 bits per heavy atom. The molecule has 0 fully saturated rings. The summed E-state index contributed by atoms with van der Waals surface area (Å²) >= 11 is 7.80. The van der Waals surface area contributed by atoms with Crippen LogP contribution in [0.5, 0.6) is 0 Å². The van der Waals surface area contributed by atoms with Crippen molar-refractivity contribution in [2.45, 2.75) is 41.2 Å². The van der Waals surface area contributed by atoms with Crippen LogP contribution in [-0.2, 0) is 11.3 Å². The predicted molar refractivity (Wildman–Crippen MR) is 119 cm³/mol. The molecular weight excluding hydrogens is 406 g/mol. The number of aromatic nitrogens is 3. The van der Waals surface area contributed by atoms with Gasteiger partial charge < -0.3 is 4.98 Å². The molecule has 152 valence electrons. The maximum atomic E-state index is 12.3. The zero-order chi connectivity index (χ0) is 21.3. The van der Waals surface area contributed by atoms with E-state index in [4.69, 9.17) is 11.6 Å². The number of hydrogen-bond acceptors (Lipinski definition) is 4. The molecule has 3 rings (SSSR count). The average Bonchev–Trinajstić information content (AvgIpc) is 3.10. The molecule has 1 aromatic carbocycles. The lowest BCUT2D eigenvalue weighted by Crippen LogP contribution is -2.22. The quantitative estimate of drug-likeness (QED) is 0.692. The van der Waals surface area contributed by atoms with E-state index < -0.39 is 5.41 Å². The molecule has 2 heterocycles. The van der Waals surface area contributed by atoms with Gasteiger partial charge in [0.1, 0.15) is 5.15 Å². The van der Waals surface area contributed by atoms with Crippen molar-refractivity contribution in [3.63, 3.8) is 0 Å². The van der Waals surface area contributed by atoms with Gasteiger partial charge in [0.15, 0.2) is 5.78 Å². The van der Waals surface area contributed by atoms with Gasteiger partial charge in [-0.3, -0.25) is 9.59 Å². The second-order valence-electron chi connectivity index (χ2n) is 8.12. The number of carbonyl (C=O) groups is 1. The van der Waals surface area contributed by atoms with Crippen molar-refractivity contribution >= 4 is 40.9 Å². The monoisotopic (exact) mass is 429 g/mol. The summed E-state index contributed by atoms with van der Waals surface area (Å²) in [5.74, 6) is -0.0401. The molecule has 0 aliphatic carbocycles. The fraction of sp³-hybridized carbons (Fsp3) is 0.318. The van der Waals surface area contributed by atoms with E-state index in [1.165, 1.54) is 23.0 Å². The molecule has 0 amide bonds. The fourth-order valence-corrected chi connectivity index (χ4v) is 3.85. The summed E-state index contributed by atoms with van der Waals surface area (Å²) in [5.41, 5.74) is 3.00. The number of H-pyrrole nitrogens is 1. The summed E-state index contributed by atoms with van der Waals surface area (Å²) in [6, 6.07) is 8.19. The Morgan fingerprint density at radius 2 is 1.90 bits per heavy atom. The maximum absolute atomic E-state index is 12.3. The fourth-order valence-electron chi connectivity index (χ4n) is 2.69. The summed E-state index contributed by atoms with van der Waals surface area (Å²) in [5, 5.41) is 5.00. The highest BCUT2D eigenvalue weighted by atomic mass is 35.5. The third-order valence-corrected chi connectivity index (χ3v) is 5.88. The van der Waals surface area contributed by atoms with Gasteiger partial charge in [-0.2, -0.15) is 5.10 Å². The highest BCUT2D eigenvalue weighted by Crippen LogP contribution is 2.21. The van der Waals surface area contributed by atoms with Gasteiger partial charge in [-0.15, -0.1) is 11.3 Å². The number of aromatic amines is 1. The van der Waals surface area contributed by atoms with Crippen LogP contribution in [0.1, 0.15) is 43.2 Å². The Bertz CT molecular complexity index is 1230. The van der Waals surface area contributed by atoms with Crippen molar-refractivity contribution in [1.29, 1.82) is 0 Å². The van der Waals surface area contributed by atoms with Crippen LogP contribution in [0.25, 0.3) is 12.2 Å². The Morgan fingerprint density at radius 1 is 1.24 bits per heavy atom. The lowest BCUT2D eigenvalue weighted by molar-refractivity contribution is -0.119. The second-order valence-corrected chi connectivity index (χ2v) is 9.56. The van der Waals surface area contributed by atoms with Gasteiger partial charge in [0.05, 0.1) is 21.4 Å². The molecule has 7 heteroatoms. The highest BCUT2D eigenvalue weighted by molar-refractivity contribution is 7.07. The molecule has 0 spiro atoms. The summed E-state index contributed by atoms with van der Waals surface area (Å²) < 4.78 is 2.74. The van der Waals surface area contributed by atoms with Crippen molar-refractivity contribution in [2.24, 2.45) is 5.41 Å². The van der Waals surface area contributed by atoms with Crippen molar-refractivity contribution < 1.29 is 4.79 Å². The van der Waals surface area contributed by atoms with Crippen LogP contribution in [0, 0.1) is 19.3 Å². The highest BCUT2D eigenvalue weighted by Gasteiger charge is 2.19. The number of benzene rings is 1. The number of hydrogen-bond donors (Lipinski definition) is 1. The first-order valence-electron chi connectivity index (χ1n) is 9.30. The van der Waals surface area contributed by atoms with Gasteiger partial charge in [-0.05, 0) is 25.5 Å². The molecule has 0 saturated carbocycles. The van der Waals surface area contributed by atoms with E-state index in [1.54, 1.807) is 10.8 Å². The Labute approximate surface area is 178 Å². The van der Waals surface area contributed by atoms with Crippen LogP contribution >= 0.6 is 22.9 Å². The zero-order valence-corrected chi connectivity index (χ0v) is 18.7. The normalized spacial score (nSPS) is 13.3. The van der Waals surface area contributed by atoms with Crippen LogP contribution < -0.4 is 14.8 Å². The van der Waals surface area contributed by atoms with E-state index in [2.05, 4.69) is 22.2 Å². The number of ketones is 1. The number of aryl methyl sites for hydroxylation is 2. The average molecular weight is 430 g/mol. The smallest absolute Gasteiger partial charge is 0.266 e. The number of Topliss-reactive ketones (excluding diaryl/α,β-unsaturated/α-hetero) is 1. The van der Waals surface area contributed by atoms with Gasteiger partial charge >= 0.3 is 0 Å². The summed E-state index contributed by atoms with van der Waals surface area (Å²) in [7, 11) is 0. The van der Waals surface area contributed by atoms with Gasteiger partial charge in [0.25, 0.3) is 5.56 Å². The van der Waals surface area contributed by atoms with Gasteiger partial charge in [0.2, 0.25) is 0 Å². The third kappa shape index (κ3) is 4.95. The first-order chi connectivity index (χ1) is 13.5. The first-order valence-corrected chi connectivity index (χ1v) is 10.5. The van der Waals surface area contributed by atoms with Crippen molar-refractivity contribution in [1.82, 2.24) is 14.8 Å². The molecule has 0 aliphatic heterocycles. The molecule has 3 aromatic rings. The van der Waals surface area contributed by atoms with Crippen molar-refractivity contribution in [3.05, 3.63) is 71.4 Å². The third-order valence-electron chi connectivity index (χ3n) is 4.52. The van der Waals surface area contributed by atoms with Crippen molar-refractivity contribution in [3.8, 4) is 0 Å². The Kier molecular flexibility index (Phi) is 5.96. The number of thiazole rings is 1. The molecule has 0 aliphatic rings. The predicted octanol–water partition coefficient (Wildman–Crippen LogP) is 3.18. The molecule has 0 bridgehead atoms. The molecule has 29 heavy (non-hydrogen) atoms. The molecule has 0 radical (unpaired) electrons. The molecule has 5 nitrogen and oxygen atoms in total. The van der Waals surface area contributed by atoms with E-state index in [0.29, 0.717) is 26.5 Å². The largest absolute Gasteiger partial charge is 0.313 e. The van der Waals surface area contributed by atoms with Crippen LogP contribution in [0.2, 0.25) is 5.15 Å². The summed E-state index contributed by atoms with van der Waals surface area (Å²) in [6.45, 7) is 9.98. The topological polar surface area (TPSA) is 67.8 Å². The minimum atomic E-state index is -0.498. The number of nitrogens with zero attached hydrogens (tertiary/aromatic N) is 2. The summed E-state index contributed by atoms with van der Waals surface area (Å²) in [6.07, 6.45) is 3.22. The number of rotatable bonds is 4. The second kappa shape index (κ2) is 8.13. The maximum Gasteiger partial charge on any atom is 0.266 e. The van der Waals surface area contributed by atoms with Crippen LogP contribution in [0.3, 0.4) is 0 Å². The number of carbonyl (C=O) groups excluding carboxylic acids is 1. The van der Waals surface area contributed by atoms with E-state index in [0.717, 1.165) is 11.3 Å². The Hall–Kier alpha value is -2.44. The van der Waals surface area contributed by atoms with E-state index in [-0.39, 0.29) is 11.3 Å². The van der Waals surface area contributed by atoms with E-state index >= 15 is 0 Å². The Balaban J connectivity index is 1.98. The lowest BCUT2D eigenvalue weighted by atomic mass is 9.91. The first kappa shape index (κ1) is 21.3. The number of halogens is 1. The molecule has 2 aromatic heterocycles. The van der Waals surface area contributed by atoms with Gasteiger partial charge in [0, 0.05) is 17.1 Å². The molecular formula is C22H24ClN3O2S. The van der Waals surface area contributed by atoms with Crippen LogP contribution in [0.15, 0.2) is 29.1 Å². The molecule has 1 N–H and O–H groups in total. The van der Waals surface area contributed by atoms with Crippen LogP contribution in [0.4, 0.5) is 0 Å². The van der Waals surface area contributed by atoms with E-state index in [1.807, 2.05) is 46.8 Å². The van der Waals surface area contributed by atoms with Crippen LogP contribution in [-0.4, -0.2) is 20.5 Å². The lowest BCUT2D eigenvalue weighted by Gasteiger charge is -2.12.